The number of anilines is 1. The fraction of sp³-hybridized carbons (Fsp3) is 0.467. The Hall–Kier alpha value is -2.04. The molecular formula is C15H22N2O3. The van der Waals surface area contributed by atoms with E-state index in [1.165, 1.54) is 0 Å². The summed E-state index contributed by atoms with van der Waals surface area (Å²) in [6.07, 6.45) is 3.23. The minimum atomic E-state index is -0.863. The van der Waals surface area contributed by atoms with Crippen LogP contribution in [0.4, 0.5) is 10.5 Å². The largest absolute Gasteiger partial charge is 0.481 e. The van der Waals surface area contributed by atoms with E-state index >= 15 is 0 Å². The number of benzene rings is 1. The van der Waals surface area contributed by atoms with Gasteiger partial charge in [0.25, 0.3) is 0 Å². The Morgan fingerprint density at radius 3 is 2.40 bits per heavy atom. The Balaban J connectivity index is 2.47. The summed E-state index contributed by atoms with van der Waals surface area (Å²) in [5, 5.41) is 11.5. The summed E-state index contributed by atoms with van der Waals surface area (Å²) in [4.78, 5) is 24.1. The first-order chi connectivity index (χ1) is 9.52. The average molecular weight is 278 g/mol. The molecule has 0 heterocycles. The van der Waals surface area contributed by atoms with Gasteiger partial charge in [-0.2, -0.15) is 0 Å². The fourth-order valence-electron chi connectivity index (χ4n) is 1.80. The van der Waals surface area contributed by atoms with E-state index in [-0.39, 0.29) is 12.5 Å². The summed E-state index contributed by atoms with van der Waals surface area (Å²) >= 11 is 0. The van der Waals surface area contributed by atoms with Crippen LogP contribution in [0.1, 0.15) is 31.7 Å². The molecule has 110 valence electrons. The molecule has 5 heteroatoms. The lowest BCUT2D eigenvalue weighted by molar-refractivity contribution is -0.136. The van der Waals surface area contributed by atoms with E-state index < -0.39 is 5.97 Å². The Morgan fingerprint density at radius 1 is 1.20 bits per heavy atom. The second-order valence-corrected chi connectivity index (χ2v) is 4.83. The molecule has 0 atom stereocenters. The van der Waals surface area contributed by atoms with E-state index in [9.17, 15) is 9.59 Å². The SMILES string of the molecule is CCCCCN(C)C(=O)Nc1ccc(CC(=O)O)cc1. The highest BCUT2D eigenvalue weighted by Gasteiger charge is 2.08. The van der Waals surface area contributed by atoms with Crippen LogP contribution in [0, 0.1) is 0 Å². The quantitative estimate of drug-likeness (QED) is 0.753. The second-order valence-electron chi connectivity index (χ2n) is 4.83. The van der Waals surface area contributed by atoms with Crippen LogP contribution in [0.5, 0.6) is 0 Å². The highest BCUT2D eigenvalue weighted by atomic mass is 16.4. The monoisotopic (exact) mass is 278 g/mol. The Morgan fingerprint density at radius 2 is 1.85 bits per heavy atom. The second kappa shape index (κ2) is 8.19. The smallest absolute Gasteiger partial charge is 0.321 e. The Bertz CT molecular complexity index is 443. The first-order valence-electron chi connectivity index (χ1n) is 6.85. The maximum absolute atomic E-state index is 11.9. The number of carboxylic acids is 1. The first-order valence-corrected chi connectivity index (χ1v) is 6.85. The van der Waals surface area contributed by atoms with Gasteiger partial charge in [0.15, 0.2) is 0 Å². The molecule has 0 radical (unpaired) electrons. The third-order valence-corrected chi connectivity index (χ3v) is 3.00. The lowest BCUT2D eigenvalue weighted by Gasteiger charge is -2.17. The summed E-state index contributed by atoms with van der Waals surface area (Å²) in [6.45, 7) is 2.86. The molecule has 2 N–H and O–H groups in total. The van der Waals surface area contributed by atoms with Crippen LogP contribution < -0.4 is 5.32 Å². The molecule has 0 aromatic heterocycles. The van der Waals surface area contributed by atoms with Gasteiger partial charge in [-0.15, -0.1) is 0 Å². The first kappa shape index (κ1) is 16.0. The van der Waals surface area contributed by atoms with Gasteiger partial charge in [-0.25, -0.2) is 4.79 Å². The van der Waals surface area contributed by atoms with Crippen LogP contribution >= 0.6 is 0 Å². The van der Waals surface area contributed by atoms with Crippen molar-refractivity contribution in [3.8, 4) is 0 Å². The van der Waals surface area contributed by atoms with Crippen molar-refractivity contribution < 1.29 is 14.7 Å². The predicted molar refractivity (Wildman–Crippen MR) is 79.0 cm³/mol. The molecule has 1 rings (SSSR count). The number of carbonyl (C=O) groups is 2. The zero-order valence-corrected chi connectivity index (χ0v) is 12.1. The molecule has 1 aromatic rings. The van der Waals surface area contributed by atoms with Crippen molar-refractivity contribution >= 4 is 17.7 Å². The Labute approximate surface area is 119 Å². The van der Waals surface area contributed by atoms with Crippen LogP contribution in [0.2, 0.25) is 0 Å². The van der Waals surface area contributed by atoms with E-state index in [0.717, 1.165) is 25.8 Å². The molecule has 2 amide bonds. The van der Waals surface area contributed by atoms with E-state index in [4.69, 9.17) is 5.11 Å². The number of carbonyl (C=O) groups excluding carboxylic acids is 1. The number of hydrogen-bond donors (Lipinski definition) is 2. The fourth-order valence-corrected chi connectivity index (χ4v) is 1.80. The normalized spacial score (nSPS) is 10.1. The number of rotatable bonds is 7. The van der Waals surface area contributed by atoms with Gasteiger partial charge < -0.3 is 15.3 Å². The number of urea groups is 1. The minimum Gasteiger partial charge on any atom is -0.481 e. The van der Waals surface area contributed by atoms with Gasteiger partial charge in [0.1, 0.15) is 0 Å². The summed E-state index contributed by atoms with van der Waals surface area (Å²) in [7, 11) is 1.77. The van der Waals surface area contributed by atoms with Crippen molar-refractivity contribution in [2.45, 2.75) is 32.6 Å². The summed E-state index contributed by atoms with van der Waals surface area (Å²) < 4.78 is 0. The van der Waals surface area contributed by atoms with Crippen molar-refractivity contribution in [3.05, 3.63) is 29.8 Å². The summed E-state index contributed by atoms with van der Waals surface area (Å²) in [5.74, 6) is -0.863. The molecule has 0 bridgehead atoms. The molecule has 0 aliphatic rings. The molecule has 0 unspecified atom stereocenters. The van der Waals surface area contributed by atoms with Gasteiger partial charge in [0.05, 0.1) is 6.42 Å². The molecule has 0 fully saturated rings. The lowest BCUT2D eigenvalue weighted by Crippen LogP contribution is -2.32. The third-order valence-electron chi connectivity index (χ3n) is 3.00. The third kappa shape index (κ3) is 5.73. The van der Waals surface area contributed by atoms with Crippen molar-refractivity contribution in [2.75, 3.05) is 18.9 Å². The predicted octanol–water partition coefficient (Wildman–Crippen LogP) is 2.97. The van der Waals surface area contributed by atoms with Gasteiger partial charge in [-0.05, 0) is 24.1 Å². The van der Waals surface area contributed by atoms with Crippen LogP contribution in [0.25, 0.3) is 0 Å². The molecule has 0 saturated carbocycles. The van der Waals surface area contributed by atoms with Gasteiger partial charge in [-0.3, -0.25) is 4.79 Å². The lowest BCUT2D eigenvalue weighted by atomic mass is 10.1. The van der Waals surface area contributed by atoms with Crippen molar-refractivity contribution in [3.63, 3.8) is 0 Å². The topological polar surface area (TPSA) is 69.6 Å². The van der Waals surface area contributed by atoms with E-state index in [0.29, 0.717) is 11.3 Å². The number of nitrogens with one attached hydrogen (secondary N) is 1. The van der Waals surface area contributed by atoms with E-state index in [2.05, 4.69) is 12.2 Å². The van der Waals surface area contributed by atoms with Crippen LogP contribution in [0.15, 0.2) is 24.3 Å². The number of carboxylic acid groups (broad SMARTS) is 1. The van der Waals surface area contributed by atoms with Crippen LogP contribution in [-0.4, -0.2) is 35.6 Å². The molecule has 0 saturated heterocycles. The van der Waals surface area contributed by atoms with Crippen molar-refractivity contribution in [1.29, 1.82) is 0 Å². The molecule has 1 aromatic carbocycles. The van der Waals surface area contributed by atoms with Gasteiger partial charge in [0.2, 0.25) is 0 Å². The molecule has 20 heavy (non-hydrogen) atoms. The standard InChI is InChI=1S/C15H22N2O3/c1-3-4-5-10-17(2)15(20)16-13-8-6-12(7-9-13)11-14(18)19/h6-9H,3-5,10-11H2,1-2H3,(H,16,20)(H,18,19). The molecular weight excluding hydrogens is 256 g/mol. The number of amides is 2. The van der Waals surface area contributed by atoms with Crippen molar-refractivity contribution in [1.82, 2.24) is 4.90 Å². The molecule has 0 spiro atoms. The molecule has 5 nitrogen and oxygen atoms in total. The summed E-state index contributed by atoms with van der Waals surface area (Å²) in [5.41, 5.74) is 1.39. The maximum atomic E-state index is 11.9. The van der Waals surface area contributed by atoms with Crippen LogP contribution in [0.3, 0.4) is 0 Å². The van der Waals surface area contributed by atoms with Gasteiger partial charge in [-0.1, -0.05) is 31.9 Å². The van der Waals surface area contributed by atoms with E-state index in [1.54, 1.807) is 36.2 Å². The van der Waals surface area contributed by atoms with Crippen molar-refractivity contribution in [2.24, 2.45) is 0 Å². The maximum Gasteiger partial charge on any atom is 0.321 e. The average Bonchev–Trinajstić information content (AvgIpc) is 2.40. The Kier molecular flexibility index (Phi) is 6.56. The highest BCUT2D eigenvalue weighted by molar-refractivity contribution is 5.89. The van der Waals surface area contributed by atoms with Gasteiger partial charge in [0, 0.05) is 19.3 Å². The highest BCUT2D eigenvalue weighted by Crippen LogP contribution is 2.11. The molecule has 0 aliphatic heterocycles. The zero-order chi connectivity index (χ0) is 15.0. The summed E-state index contributed by atoms with van der Waals surface area (Å²) in [6, 6.07) is 6.71. The number of hydrogen-bond acceptors (Lipinski definition) is 2. The number of nitrogens with zero attached hydrogens (tertiary/aromatic N) is 1. The number of unbranched alkanes of at least 4 members (excludes halogenated alkanes) is 2. The van der Waals surface area contributed by atoms with Gasteiger partial charge >= 0.3 is 12.0 Å². The zero-order valence-electron chi connectivity index (χ0n) is 12.1. The molecule has 0 aliphatic carbocycles. The van der Waals surface area contributed by atoms with E-state index in [1.807, 2.05) is 0 Å². The van der Waals surface area contributed by atoms with Crippen LogP contribution in [-0.2, 0) is 11.2 Å². The minimum absolute atomic E-state index is 0.00878. The number of aliphatic carboxylic acids is 1.